The summed E-state index contributed by atoms with van der Waals surface area (Å²) in [5, 5.41) is 9.27. The van der Waals surface area contributed by atoms with Crippen LogP contribution >= 0.6 is 0 Å². The van der Waals surface area contributed by atoms with Gasteiger partial charge < -0.3 is 4.42 Å². The molecule has 0 radical (unpaired) electrons. The lowest BCUT2D eigenvalue weighted by atomic mass is 10.2. The zero-order chi connectivity index (χ0) is 20.5. The zero-order valence-corrected chi connectivity index (χ0v) is 16.1. The van der Waals surface area contributed by atoms with Crippen molar-refractivity contribution in [3.8, 4) is 0 Å². The number of nitro groups is 1. The van der Waals surface area contributed by atoms with Gasteiger partial charge >= 0.3 is 0 Å². The van der Waals surface area contributed by atoms with Crippen molar-refractivity contribution in [3.05, 3.63) is 76.2 Å². The number of aryl methyl sites for hydroxylation is 1. The van der Waals surface area contributed by atoms with Gasteiger partial charge in [0, 0.05) is 19.1 Å². The third-order valence-corrected chi connectivity index (χ3v) is 7.13. The van der Waals surface area contributed by atoms with Gasteiger partial charge in [-0.1, -0.05) is 30.3 Å². The highest BCUT2D eigenvalue weighted by molar-refractivity contribution is 7.94. The van der Waals surface area contributed by atoms with Crippen LogP contribution in [0.3, 0.4) is 0 Å². The van der Waals surface area contributed by atoms with Crippen LogP contribution in [0.15, 0.2) is 74.0 Å². The number of hydrogen-bond donors (Lipinski definition) is 0. The standard InChI is InChI=1S/C17H14N2O7S2/c1-12-18-16(28(24,25)15-5-3-2-4-6-15)17(26-12)27(22,23)11-13-7-9-14(10-8-13)19(20)21/h2-10H,11H2,1H3. The normalized spacial score (nSPS) is 12.0. The maximum Gasteiger partial charge on any atom is 0.269 e. The van der Waals surface area contributed by atoms with Gasteiger partial charge in [0.2, 0.25) is 24.7 Å². The highest BCUT2D eigenvalue weighted by atomic mass is 32.2. The summed E-state index contributed by atoms with van der Waals surface area (Å²) in [4.78, 5) is 13.8. The first-order valence-corrected chi connectivity index (χ1v) is 11.0. The van der Waals surface area contributed by atoms with Crippen molar-refractivity contribution < 1.29 is 26.2 Å². The summed E-state index contributed by atoms with van der Waals surface area (Å²) < 4.78 is 56.4. The van der Waals surface area contributed by atoms with E-state index in [4.69, 9.17) is 4.42 Å². The van der Waals surface area contributed by atoms with Gasteiger partial charge in [0.05, 0.1) is 15.6 Å². The first kappa shape index (κ1) is 19.7. The molecule has 0 aliphatic carbocycles. The summed E-state index contributed by atoms with van der Waals surface area (Å²) in [5.41, 5.74) is 0.0479. The molecule has 2 aromatic carbocycles. The molecule has 1 heterocycles. The summed E-state index contributed by atoms with van der Waals surface area (Å²) in [6.07, 6.45) is 0. The number of non-ortho nitro benzene ring substituents is 1. The number of hydrogen-bond acceptors (Lipinski definition) is 8. The lowest BCUT2D eigenvalue weighted by Gasteiger charge is -2.05. The predicted molar refractivity (Wildman–Crippen MR) is 97.1 cm³/mol. The molecule has 146 valence electrons. The Morgan fingerprint density at radius 1 is 1.00 bits per heavy atom. The van der Waals surface area contributed by atoms with Gasteiger partial charge in [-0.05, 0) is 17.7 Å². The molecule has 0 fully saturated rings. The molecule has 0 saturated heterocycles. The van der Waals surface area contributed by atoms with E-state index in [1.165, 1.54) is 43.3 Å². The van der Waals surface area contributed by atoms with Crippen LogP contribution in [0.4, 0.5) is 5.69 Å². The van der Waals surface area contributed by atoms with E-state index >= 15 is 0 Å². The molecule has 0 aliphatic heterocycles. The topological polar surface area (TPSA) is 137 Å². The Morgan fingerprint density at radius 2 is 1.61 bits per heavy atom. The maximum absolute atomic E-state index is 12.8. The van der Waals surface area contributed by atoms with E-state index < -0.39 is 40.5 Å². The lowest BCUT2D eigenvalue weighted by Crippen LogP contribution is -2.11. The number of aromatic nitrogens is 1. The molecule has 0 bridgehead atoms. The summed E-state index contributed by atoms with van der Waals surface area (Å²) in [6.45, 7) is 1.34. The molecular weight excluding hydrogens is 408 g/mol. The molecule has 11 heteroatoms. The molecule has 3 rings (SSSR count). The first-order valence-electron chi connectivity index (χ1n) is 7.85. The first-order chi connectivity index (χ1) is 13.1. The van der Waals surface area contributed by atoms with Crippen LogP contribution in [0.25, 0.3) is 0 Å². The predicted octanol–water partition coefficient (Wildman–Crippen LogP) is 2.70. The quantitative estimate of drug-likeness (QED) is 0.437. The number of oxazole rings is 1. The van der Waals surface area contributed by atoms with Crippen LogP contribution in [0.5, 0.6) is 0 Å². The Morgan fingerprint density at radius 3 is 2.18 bits per heavy atom. The Labute approximate surface area is 160 Å². The minimum absolute atomic E-state index is 0.114. The largest absolute Gasteiger partial charge is 0.428 e. The molecule has 0 saturated carbocycles. The van der Waals surface area contributed by atoms with Crippen LogP contribution in [0.2, 0.25) is 0 Å². The smallest absolute Gasteiger partial charge is 0.269 e. The molecule has 0 N–H and O–H groups in total. The van der Waals surface area contributed by atoms with Gasteiger partial charge in [-0.3, -0.25) is 10.1 Å². The minimum Gasteiger partial charge on any atom is -0.428 e. The SMILES string of the molecule is Cc1nc(S(=O)(=O)c2ccccc2)c(S(=O)(=O)Cc2ccc([N+](=O)[O-])cc2)o1. The third-order valence-electron chi connectivity index (χ3n) is 3.77. The molecule has 9 nitrogen and oxygen atoms in total. The molecule has 0 atom stereocenters. The van der Waals surface area contributed by atoms with E-state index in [1.54, 1.807) is 6.07 Å². The minimum atomic E-state index is -4.23. The average molecular weight is 422 g/mol. The fraction of sp³-hybridized carbons (Fsp3) is 0.118. The molecule has 28 heavy (non-hydrogen) atoms. The van der Waals surface area contributed by atoms with Crippen molar-refractivity contribution in [2.45, 2.75) is 27.7 Å². The third kappa shape index (κ3) is 3.80. The highest BCUT2D eigenvalue weighted by Crippen LogP contribution is 2.29. The molecule has 1 aromatic heterocycles. The van der Waals surface area contributed by atoms with Crippen LogP contribution in [-0.4, -0.2) is 26.7 Å². The average Bonchev–Trinajstić information content (AvgIpc) is 3.06. The van der Waals surface area contributed by atoms with Gasteiger partial charge in [-0.25, -0.2) is 21.8 Å². The monoisotopic (exact) mass is 422 g/mol. The van der Waals surface area contributed by atoms with Gasteiger partial charge in [-0.2, -0.15) is 0 Å². The molecule has 0 unspecified atom stereocenters. The van der Waals surface area contributed by atoms with Gasteiger partial charge in [-0.15, -0.1) is 0 Å². The van der Waals surface area contributed by atoms with Crippen molar-refractivity contribution in [1.82, 2.24) is 4.98 Å². The van der Waals surface area contributed by atoms with Gasteiger partial charge in [0.25, 0.3) is 10.8 Å². The van der Waals surface area contributed by atoms with E-state index in [0.717, 1.165) is 12.1 Å². The Hall–Kier alpha value is -3.05. The second-order valence-corrected chi connectivity index (χ2v) is 9.58. The molecule has 3 aromatic rings. The Bertz CT molecular complexity index is 1230. The molecule has 0 aliphatic rings. The summed E-state index contributed by atoms with van der Waals surface area (Å²) >= 11 is 0. The van der Waals surface area contributed by atoms with E-state index in [2.05, 4.69) is 4.98 Å². The van der Waals surface area contributed by atoms with Crippen molar-refractivity contribution >= 4 is 25.4 Å². The summed E-state index contributed by atoms with van der Waals surface area (Å²) in [7, 11) is -8.44. The maximum atomic E-state index is 12.8. The van der Waals surface area contributed by atoms with Crippen LogP contribution in [0.1, 0.15) is 11.5 Å². The molecule has 0 spiro atoms. The Kier molecular flexibility index (Phi) is 5.04. The van der Waals surface area contributed by atoms with E-state index in [9.17, 15) is 26.9 Å². The fourth-order valence-corrected chi connectivity index (χ4v) is 5.75. The van der Waals surface area contributed by atoms with Crippen LogP contribution in [0, 0.1) is 17.0 Å². The summed E-state index contributed by atoms with van der Waals surface area (Å²) in [5.74, 6) is -0.714. The van der Waals surface area contributed by atoms with E-state index in [-0.39, 0.29) is 22.0 Å². The number of nitro benzene ring substituents is 1. The van der Waals surface area contributed by atoms with Crippen molar-refractivity contribution in [3.63, 3.8) is 0 Å². The molecular formula is C17H14N2O7S2. The number of benzene rings is 2. The van der Waals surface area contributed by atoms with E-state index in [0.29, 0.717) is 0 Å². The summed E-state index contributed by atoms with van der Waals surface area (Å²) in [6, 6.07) is 12.2. The second kappa shape index (κ2) is 7.17. The van der Waals surface area contributed by atoms with E-state index in [1.807, 2.05) is 0 Å². The zero-order valence-electron chi connectivity index (χ0n) is 14.5. The number of sulfone groups is 2. The Balaban J connectivity index is 2.03. The molecule has 0 amide bonds. The van der Waals surface area contributed by atoms with Gasteiger partial charge in [0.1, 0.15) is 0 Å². The second-order valence-electron chi connectivity index (χ2n) is 5.82. The van der Waals surface area contributed by atoms with Gasteiger partial charge in [0.15, 0.2) is 5.89 Å². The van der Waals surface area contributed by atoms with Crippen LogP contribution < -0.4 is 0 Å². The van der Waals surface area contributed by atoms with Crippen LogP contribution in [-0.2, 0) is 25.4 Å². The van der Waals surface area contributed by atoms with Crippen molar-refractivity contribution in [2.75, 3.05) is 0 Å². The van der Waals surface area contributed by atoms with Crippen molar-refractivity contribution in [2.24, 2.45) is 0 Å². The number of rotatable bonds is 6. The number of nitrogens with zero attached hydrogens (tertiary/aromatic N) is 2. The fourth-order valence-electron chi connectivity index (χ4n) is 2.47. The highest BCUT2D eigenvalue weighted by Gasteiger charge is 2.34. The lowest BCUT2D eigenvalue weighted by molar-refractivity contribution is -0.384. The van der Waals surface area contributed by atoms with Crippen molar-refractivity contribution in [1.29, 1.82) is 0 Å².